The third-order valence-corrected chi connectivity index (χ3v) is 5.50. The van der Waals surface area contributed by atoms with Gasteiger partial charge in [0.05, 0.1) is 4.90 Å². The number of hydrogen-bond donors (Lipinski definition) is 1. The van der Waals surface area contributed by atoms with E-state index in [0.717, 1.165) is 30.5 Å². The number of anilines is 1. The molecule has 1 aromatic rings. The Morgan fingerprint density at radius 2 is 2.05 bits per heavy atom. The molecule has 1 N–H and O–H groups in total. The molecule has 0 spiro atoms. The quantitative estimate of drug-likeness (QED) is 0.920. The van der Waals surface area contributed by atoms with Crippen molar-refractivity contribution < 1.29 is 13.2 Å². The number of benzene rings is 1. The normalized spacial score (nSPS) is 18.1. The Hall–Kier alpha value is -1.40. The van der Waals surface area contributed by atoms with E-state index in [4.69, 9.17) is 0 Å². The zero-order valence-electron chi connectivity index (χ0n) is 12.3. The Balaban J connectivity index is 1.88. The molecule has 3 rings (SSSR count). The molecule has 1 aromatic carbocycles. The minimum Gasteiger partial charge on any atom is -0.312 e. The van der Waals surface area contributed by atoms with Crippen LogP contribution < -0.4 is 9.62 Å². The van der Waals surface area contributed by atoms with Crippen molar-refractivity contribution in [2.45, 2.75) is 44.0 Å². The first kappa shape index (κ1) is 14.5. The van der Waals surface area contributed by atoms with Crippen molar-refractivity contribution in [2.75, 3.05) is 11.4 Å². The van der Waals surface area contributed by atoms with Crippen LogP contribution in [-0.2, 0) is 21.2 Å². The second-order valence-corrected chi connectivity index (χ2v) is 7.79. The van der Waals surface area contributed by atoms with Crippen LogP contribution in [0.3, 0.4) is 0 Å². The number of rotatable bonds is 4. The summed E-state index contributed by atoms with van der Waals surface area (Å²) in [6.45, 7) is 4.24. The third kappa shape index (κ3) is 2.82. The first-order chi connectivity index (χ1) is 9.88. The lowest BCUT2D eigenvalue weighted by Crippen LogP contribution is -2.31. The maximum Gasteiger partial charge on any atom is 0.240 e. The van der Waals surface area contributed by atoms with Gasteiger partial charge < -0.3 is 4.90 Å². The molecule has 1 saturated carbocycles. The van der Waals surface area contributed by atoms with E-state index in [-0.39, 0.29) is 22.8 Å². The fourth-order valence-electron chi connectivity index (χ4n) is 2.70. The lowest BCUT2D eigenvalue weighted by molar-refractivity contribution is -0.119. The average Bonchev–Trinajstić information content (AvgIpc) is 3.15. The Bertz CT molecular complexity index is 678. The van der Waals surface area contributed by atoms with E-state index in [0.29, 0.717) is 6.54 Å². The monoisotopic (exact) mass is 308 g/mol. The Morgan fingerprint density at radius 1 is 1.33 bits per heavy atom. The van der Waals surface area contributed by atoms with Crippen molar-refractivity contribution in [1.29, 1.82) is 0 Å². The first-order valence-electron chi connectivity index (χ1n) is 7.35. The molecule has 0 unspecified atom stereocenters. The number of nitrogens with zero attached hydrogens (tertiary/aromatic N) is 1. The van der Waals surface area contributed by atoms with Gasteiger partial charge in [0, 0.05) is 24.2 Å². The second kappa shape index (κ2) is 5.10. The molecule has 1 aliphatic carbocycles. The molecule has 0 bridgehead atoms. The number of carbonyl (C=O) groups excluding carboxylic acids is 1. The molecule has 5 nitrogen and oxygen atoms in total. The van der Waals surface area contributed by atoms with Gasteiger partial charge in [-0.15, -0.1) is 0 Å². The van der Waals surface area contributed by atoms with Gasteiger partial charge in [0.2, 0.25) is 15.9 Å². The van der Waals surface area contributed by atoms with Crippen LogP contribution >= 0.6 is 0 Å². The fraction of sp³-hybridized carbons (Fsp3) is 0.533. The van der Waals surface area contributed by atoms with Crippen LogP contribution in [0, 0.1) is 5.92 Å². The maximum absolute atomic E-state index is 12.2. The highest BCUT2D eigenvalue weighted by Crippen LogP contribution is 2.37. The van der Waals surface area contributed by atoms with E-state index in [1.807, 2.05) is 0 Å². The average molecular weight is 308 g/mol. The van der Waals surface area contributed by atoms with Gasteiger partial charge in [-0.2, -0.15) is 0 Å². The van der Waals surface area contributed by atoms with Gasteiger partial charge in [0.25, 0.3) is 0 Å². The summed E-state index contributed by atoms with van der Waals surface area (Å²) in [5, 5.41) is 0. The van der Waals surface area contributed by atoms with Gasteiger partial charge in [-0.1, -0.05) is 0 Å². The summed E-state index contributed by atoms with van der Waals surface area (Å²) in [4.78, 5) is 14.3. The summed E-state index contributed by atoms with van der Waals surface area (Å²) >= 11 is 0. The van der Waals surface area contributed by atoms with Gasteiger partial charge >= 0.3 is 0 Å². The molecular weight excluding hydrogens is 288 g/mol. The van der Waals surface area contributed by atoms with Gasteiger partial charge in [-0.05, 0) is 56.9 Å². The fourth-order valence-corrected chi connectivity index (χ4v) is 4.00. The van der Waals surface area contributed by atoms with E-state index in [1.54, 1.807) is 36.9 Å². The first-order valence-corrected chi connectivity index (χ1v) is 8.83. The van der Waals surface area contributed by atoms with E-state index >= 15 is 0 Å². The minimum absolute atomic E-state index is 0.142. The summed E-state index contributed by atoms with van der Waals surface area (Å²) in [5.74, 6) is 0.367. The van der Waals surface area contributed by atoms with Gasteiger partial charge in [-0.25, -0.2) is 13.1 Å². The largest absolute Gasteiger partial charge is 0.312 e. The van der Waals surface area contributed by atoms with Crippen LogP contribution in [0.2, 0.25) is 0 Å². The molecule has 21 heavy (non-hydrogen) atoms. The van der Waals surface area contributed by atoms with Crippen LogP contribution in [0.15, 0.2) is 23.1 Å². The van der Waals surface area contributed by atoms with Crippen LogP contribution in [-0.4, -0.2) is 26.9 Å². The van der Waals surface area contributed by atoms with E-state index < -0.39 is 10.0 Å². The lowest BCUT2D eigenvalue weighted by Gasteiger charge is -2.17. The highest BCUT2D eigenvalue weighted by atomic mass is 32.2. The summed E-state index contributed by atoms with van der Waals surface area (Å²) < 4.78 is 26.9. The van der Waals surface area contributed by atoms with E-state index in [1.165, 1.54) is 0 Å². The summed E-state index contributed by atoms with van der Waals surface area (Å²) in [5.41, 5.74) is 1.81. The second-order valence-electron chi connectivity index (χ2n) is 6.08. The molecule has 114 valence electrons. The van der Waals surface area contributed by atoms with Crippen LogP contribution in [0.1, 0.15) is 32.3 Å². The molecule has 6 heteroatoms. The molecular formula is C15H20N2O3S. The van der Waals surface area contributed by atoms with Crippen LogP contribution in [0.4, 0.5) is 5.69 Å². The molecule has 1 amide bonds. The number of nitrogens with one attached hydrogen (secondary N) is 1. The smallest absolute Gasteiger partial charge is 0.240 e. The number of amides is 1. The SMILES string of the molecule is CC(C)NS(=O)(=O)c1ccc2c(c1)CCN2C(=O)C1CC1. The summed E-state index contributed by atoms with van der Waals surface area (Å²) in [7, 11) is -3.48. The van der Waals surface area contributed by atoms with Crippen molar-refractivity contribution in [2.24, 2.45) is 5.92 Å². The zero-order valence-corrected chi connectivity index (χ0v) is 13.1. The van der Waals surface area contributed by atoms with Crippen LogP contribution in [0.5, 0.6) is 0 Å². The number of sulfonamides is 1. The summed E-state index contributed by atoms with van der Waals surface area (Å²) in [6, 6.07) is 4.90. The number of fused-ring (bicyclic) bond motifs is 1. The molecule has 1 fully saturated rings. The molecule has 2 aliphatic rings. The van der Waals surface area contributed by atoms with Crippen molar-refractivity contribution in [3.8, 4) is 0 Å². The molecule has 1 heterocycles. The summed E-state index contributed by atoms with van der Waals surface area (Å²) in [6.07, 6.45) is 2.68. The molecule has 0 atom stereocenters. The minimum atomic E-state index is -3.48. The van der Waals surface area contributed by atoms with Gasteiger partial charge in [-0.3, -0.25) is 4.79 Å². The van der Waals surface area contributed by atoms with E-state index in [2.05, 4.69) is 4.72 Å². The van der Waals surface area contributed by atoms with Gasteiger partial charge in [0.1, 0.15) is 0 Å². The Morgan fingerprint density at radius 3 is 2.67 bits per heavy atom. The van der Waals surface area contributed by atoms with Gasteiger partial charge in [0.15, 0.2) is 0 Å². The molecule has 1 aliphatic heterocycles. The van der Waals surface area contributed by atoms with Crippen LogP contribution in [0.25, 0.3) is 0 Å². The van der Waals surface area contributed by atoms with Crippen molar-refractivity contribution in [1.82, 2.24) is 4.72 Å². The number of hydrogen-bond acceptors (Lipinski definition) is 3. The predicted octanol–water partition coefficient (Wildman–Crippen LogP) is 1.67. The van der Waals surface area contributed by atoms with E-state index in [9.17, 15) is 13.2 Å². The Labute approximate surface area is 125 Å². The highest BCUT2D eigenvalue weighted by molar-refractivity contribution is 7.89. The van der Waals surface area contributed by atoms with Crippen molar-refractivity contribution in [3.63, 3.8) is 0 Å². The van der Waals surface area contributed by atoms with Crippen molar-refractivity contribution in [3.05, 3.63) is 23.8 Å². The molecule has 0 radical (unpaired) electrons. The number of carbonyl (C=O) groups is 1. The molecule has 0 saturated heterocycles. The maximum atomic E-state index is 12.2. The Kier molecular flexibility index (Phi) is 3.53. The topological polar surface area (TPSA) is 66.5 Å². The predicted molar refractivity (Wildman–Crippen MR) is 80.7 cm³/mol. The molecule has 0 aromatic heterocycles. The zero-order chi connectivity index (χ0) is 15.2. The van der Waals surface area contributed by atoms with Crippen molar-refractivity contribution >= 4 is 21.6 Å². The third-order valence-electron chi connectivity index (χ3n) is 3.84. The lowest BCUT2D eigenvalue weighted by atomic mass is 10.2. The standard InChI is InChI=1S/C15H20N2O3S/c1-10(2)16-21(19,20)13-5-6-14-12(9-13)7-8-17(14)15(18)11-3-4-11/h5-6,9-11,16H,3-4,7-8H2,1-2H3. The highest BCUT2D eigenvalue weighted by Gasteiger charge is 2.36.